The molecule has 166 valence electrons. The number of carboxylic acids is 1. The lowest BCUT2D eigenvalue weighted by molar-refractivity contribution is -0.139. The third-order valence-corrected chi connectivity index (χ3v) is 6.68. The van der Waals surface area contributed by atoms with Crippen molar-refractivity contribution in [3.8, 4) is 5.75 Å². The van der Waals surface area contributed by atoms with Crippen LogP contribution in [-0.2, 0) is 9.53 Å². The number of aliphatic carboxylic acids is 1. The van der Waals surface area contributed by atoms with Crippen molar-refractivity contribution >= 4 is 33.5 Å². The SMILES string of the molecule is C=C(C)[C@@H]1C[C@@H](c2ccc(Cl)cc2)[C@@H](C(C)C)O[C@H]1c1cccc(Br)c1OCC(=O)O. The van der Waals surface area contributed by atoms with Crippen molar-refractivity contribution in [2.75, 3.05) is 6.61 Å². The lowest BCUT2D eigenvalue weighted by Crippen LogP contribution is -2.39. The lowest BCUT2D eigenvalue weighted by Gasteiger charge is -2.44. The van der Waals surface area contributed by atoms with Crippen molar-refractivity contribution < 1.29 is 19.4 Å². The van der Waals surface area contributed by atoms with Crippen LogP contribution in [0.2, 0.25) is 5.02 Å². The molecule has 2 aromatic rings. The maximum absolute atomic E-state index is 11.1. The summed E-state index contributed by atoms with van der Waals surface area (Å²) < 4.78 is 13.1. The fraction of sp³-hybridized carbons (Fsp3) is 0.400. The van der Waals surface area contributed by atoms with Crippen molar-refractivity contribution in [2.45, 2.75) is 45.3 Å². The molecule has 3 rings (SSSR count). The lowest BCUT2D eigenvalue weighted by atomic mass is 9.73. The topological polar surface area (TPSA) is 55.8 Å². The number of hydrogen-bond donors (Lipinski definition) is 1. The summed E-state index contributed by atoms with van der Waals surface area (Å²) in [6, 6.07) is 13.7. The molecule has 0 aliphatic carbocycles. The smallest absolute Gasteiger partial charge is 0.341 e. The molecular weight excluding hydrogens is 480 g/mol. The summed E-state index contributed by atoms with van der Waals surface area (Å²) in [6.45, 7) is 10.2. The highest BCUT2D eigenvalue weighted by atomic mass is 79.9. The number of rotatable bonds is 7. The molecule has 1 aliphatic heterocycles. The van der Waals surface area contributed by atoms with E-state index >= 15 is 0 Å². The van der Waals surface area contributed by atoms with Gasteiger partial charge >= 0.3 is 5.97 Å². The highest BCUT2D eigenvalue weighted by molar-refractivity contribution is 9.10. The minimum atomic E-state index is -1.02. The molecule has 1 saturated heterocycles. The van der Waals surface area contributed by atoms with Gasteiger partial charge in [-0.3, -0.25) is 0 Å². The molecular formula is C25H28BrClO4. The summed E-state index contributed by atoms with van der Waals surface area (Å²) in [5.74, 6) is 0.0203. The van der Waals surface area contributed by atoms with Crippen molar-refractivity contribution in [1.29, 1.82) is 0 Å². The molecule has 0 bridgehead atoms. The fourth-order valence-electron chi connectivity index (χ4n) is 4.33. The molecule has 0 radical (unpaired) electrons. The van der Waals surface area contributed by atoms with Crippen LogP contribution >= 0.6 is 27.5 Å². The number of ether oxygens (including phenoxy) is 2. The van der Waals surface area contributed by atoms with Crippen molar-refractivity contribution in [3.63, 3.8) is 0 Å². The van der Waals surface area contributed by atoms with E-state index in [0.717, 1.165) is 17.6 Å². The Morgan fingerprint density at radius 3 is 2.55 bits per heavy atom. The zero-order valence-electron chi connectivity index (χ0n) is 18.0. The van der Waals surface area contributed by atoms with E-state index in [0.29, 0.717) is 15.2 Å². The Kier molecular flexibility index (Phi) is 7.84. The van der Waals surface area contributed by atoms with Gasteiger partial charge in [-0.25, -0.2) is 4.79 Å². The molecule has 1 N–H and O–H groups in total. The van der Waals surface area contributed by atoms with Gasteiger partial charge in [-0.2, -0.15) is 0 Å². The first-order chi connectivity index (χ1) is 14.7. The average molecular weight is 508 g/mol. The van der Waals surface area contributed by atoms with Crippen LogP contribution in [0.15, 0.2) is 59.1 Å². The summed E-state index contributed by atoms with van der Waals surface area (Å²) in [4.78, 5) is 11.1. The van der Waals surface area contributed by atoms with Crippen LogP contribution in [0.1, 0.15) is 50.3 Å². The van der Waals surface area contributed by atoms with Gasteiger partial charge in [0.05, 0.1) is 16.7 Å². The number of carboxylic acid groups (broad SMARTS) is 1. The van der Waals surface area contributed by atoms with Crippen LogP contribution < -0.4 is 4.74 Å². The second-order valence-electron chi connectivity index (χ2n) is 8.45. The number of carbonyl (C=O) groups is 1. The van der Waals surface area contributed by atoms with E-state index in [9.17, 15) is 4.79 Å². The van der Waals surface area contributed by atoms with E-state index in [1.807, 2.05) is 37.3 Å². The third kappa shape index (κ3) is 5.51. The quantitative estimate of drug-likeness (QED) is 0.409. The summed E-state index contributed by atoms with van der Waals surface area (Å²) in [5, 5.41) is 9.82. The van der Waals surface area contributed by atoms with E-state index in [1.54, 1.807) is 0 Å². The van der Waals surface area contributed by atoms with Gasteiger partial charge in [-0.1, -0.05) is 61.9 Å². The largest absolute Gasteiger partial charge is 0.480 e. The van der Waals surface area contributed by atoms with E-state index in [4.69, 9.17) is 26.2 Å². The molecule has 1 fully saturated rings. The van der Waals surface area contributed by atoms with Crippen molar-refractivity contribution in [2.24, 2.45) is 11.8 Å². The molecule has 31 heavy (non-hydrogen) atoms. The van der Waals surface area contributed by atoms with Crippen LogP contribution in [0.3, 0.4) is 0 Å². The average Bonchev–Trinajstić information content (AvgIpc) is 2.72. The summed E-state index contributed by atoms with van der Waals surface area (Å²) in [5.41, 5.74) is 3.06. The first kappa shape index (κ1) is 23.8. The van der Waals surface area contributed by atoms with Gasteiger partial charge in [0.2, 0.25) is 0 Å². The Bertz CT molecular complexity index is 941. The summed E-state index contributed by atoms with van der Waals surface area (Å²) in [7, 11) is 0. The van der Waals surface area contributed by atoms with E-state index in [2.05, 4.69) is 48.5 Å². The predicted octanol–water partition coefficient (Wildman–Crippen LogP) is 7.03. The standard InChI is InChI=1S/C25H28BrClO4/c1-14(2)19-12-20(16-8-10-17(27)11-9-16)23(15(3)4)31-24(19)18-6-5-7-21(26)25(18)30-13-22(28)29/h5-11,15,19-20,23-24H,1,12-13H2,2-4H3,(H,28,29)/t19-,20-,23+,24-/m0/s1. The normalized spacial score (nSPS) is 23.5. The van der Waals surface area contributed by atoms with Gasteiger partial charge in [0.25, 0.3) is 0 Å². The zero-order chi connectivity index (χ0) is 22.7. The molecule has 6 heteroatoms. The minimum Gasteiger partial charge on any atom is -0.480 e. The molecule has 0 aromatic heterocycles. The van der Waals surface area contributed by atoms with Gasteiger partial charge in [0, 0.05) is 22.4 Å². The zero-order valence-corrected chi connectivity index (χ0v) is 20.3. The Hall–Kier alpha value is -1.82. The Labute approximate surface area is 197 Å². The number of para-hydroxylation sites is 1. The molecule has 0 spiro atoms. The van der Waals surface area contributed by atoms with E-state index in [1.165, 1.54) is 5.56 Å². The van der Waals surface area contributed by atoms with Crippen LogP contribution in [0.25, 0.3) is 0 Å². The summed E-state index contributed by atoms with van der Waals surface area (Å²) >= 11 is 9.62. The van der Waals surface area contributed by atoms with Crippen LogP contribution in [0.5, 0.6) is 5.75 Å². The Morgan fingerprint density at radius 2 is 1.97 bits per heavy atom. The third-order valence-electron chi connectivity index (χ3n) is 5.81. The maximum Gasteiger partial charge on any atom is 0.341 e. The van der Waals surface area contributed by atoms with Gasteiger partial charge in [-0.15, -0.1) is 0 Å². The van der Waals surface area contributed by atoms with Gasteiger partial charge in [0.1, 0.15) is 5.75 Å². The minimum absolute atomic E-state index is 0.0203. The molecule has 0 amide bonds. The number of hydrogen-bond acceptors (Lipinski definition) is 3. The van der Waals surface area contributed by atoms with Crippen LogP contribution in [0.4, 0.5) is 0 Å². The van der Waals surface area contributed by atoms with Gasteiger partial charge < -0.3 is 14.6 Å². The van der Waals surface area contributed by atoms with Gasteiger partial charge in [-0.05, 0) is 59.0 Å². The monoisotopic (exact) mass is 506 g/mol. The summed E-state index contributed by atoms with van der Waals surface area (Å²) in [6.07, 6.45) is 0.567. The van der Waals surface area contributed by atoms with Crippen molar-refractivity contribution in [3.05, 3.63) is 75.2 Å². The van der Waals surface area contributed by atoms with Crippen molar-refractivity contribution in [1.82, 2.24) is 0 Å². The number of benzene rings is 2. The molecule has 1 aliphatic rings. The molecule has 0 saturated carbocycles. The van der Waals surface area contributed by atoms with E-state index < -0.39 is 12.6 Å². The first-order valence-electron chi connectivity index (χ1n) is 10.4. The highest BCUT2D eigenvalue weighted by Gasteiger charge is 2.42. The predicted molar refractivity (Wildman–Crippen MR) is 127 cm³/mol. The maximum atomic E-state index is 11.1. The fourth-order valence-corrected chi connectivity index (χ4v) is 4.96. The molecule has 4 atom stereocenters. The second kappa shape index (κ2) is 10.2. The molecule has 0 unspecified atom stereocenters. The second-order valence-corrected chi connectivity index (χ2v) is 9.74. The van der Waals surface area contributed by atoms with Crippen LogP contribution in [-0.4, -0.2) is 23.8 Å². The Morgan fingerprint density at radius 1 is 1.29 bits per heavy atom. The van der Waals surface area contributed by atoms with Crippen LogP contribution in [0, 0.1) is 11.8 Å². The molecule has 4 nitrogen and oxygen atoms in total. The van der Waals surface area contributed by atoms with Gasteiger partial charge in [0.15, 0.2) is 6.61 Å². The van der Waals surface area contributed by atoms with E-state index in [-0.39, 0.29) is 30.0 Å². The molecule has 2 aromatic carbocycles. The Balaban J connectivity index is 2.02. The molecule has 1 heterocycles. The number of halogens is 2. The highest BCUT2D eigenvalue weighted by Crippen LogP contribution is 2.50. The first-order valence-corrected chi connectivity index (χ1v) is 11.6.